The summed E-state index contributed by atoms with van der Waals surface area (Å²) < 4.78 is 5.27. The van der Waals surface area contributed by atoms with Crippen LogP contribution in [0.3, 0.4) is 0 Å². The lowest BCUT2D eigenvalue weighted by molar-refractivity contribution is -0.123. The van der Waals surface area contributed by atoms with Crippen molar-refractivity contribution < 1.29 is 19.4 Å². The number of carbonyl (C=O) groups is 2. The van der Waals surface area contributed by atoms with Crippen LogP contribution in [0.5, 0.6) is 5.75 Å². The fourth-order valence-electron chi connectivity index (χ4n) is 1.95. The van der Waals surface area contributed by atoms with Gasteiger partial charge in [-0.15, -0.1) is 0 Å². The van der Waals surface area contributed by atoms with Gasteiger partial charge in [0.25, 0.3) is 5.91 Å². The van der Waals surface area contributed by atoms with E-state index in [-0.39, 0.29) is 23.8 Å². The molecule has 0 aromatic heterocycles. The van der Waals surface area contributed by atoms with Crippen LogP contribution in [0.4, 0.5) is 0 Å². The molecule has 0 radical (unpaired) electrons. The minimum Gasteiger partial charge on any atom is -0.483 e. The van der Waals surface area contributed by atoms with Crippen molar-refractivity contribution in [2.75, 3.05) is 13.2 Å². The largest absolute Gasteiger partial charge is 0.483 e. The molecule has 0 unspecified atom stereocenters. The molecule has 2 aromatic carbocycles. The summed E-state index contributed by atoms with van der Waals surface area (Å²) in [5.41, 5.74) is 1.18. The van der Waals surface area contributed by atoms with Gasteiger partial charge in [0.15, 0.2) is 6.61 Å². The molecule has 2 aromatic rings. The van der Waals surface area contributed by atoms with E-state index in [0.29, 0.717) is 6.54 Å². The lowest BCUT2D eigenvalue weighted by atomic mass is 10.1. The van der Waals surface area contributed by atoms with Gasteiger partial charge in [0.1, 0.15) is 11.3 Å². The first kappa shape index (κ1) is 15.6. The third kappa shape index (κ3) is 4.63. The van der Waals surface area contributed by atoms with Crippen LogP contribution in [0.2, 0.25) is 0 Å². The minimum absolute atomic E-state index is 0.0413. The first-order chi connectivity index (χ1) is 10.7. The van der Waals surface area contributed by atoms with Crippen LogP contribution in [-0.2, 0) is 11.2 Å². The summed E-state index contributed by atoms with van der Waals surface area (Å²) in [7, 11) is 0. The molecule has 0 aliphatic heterocycles. The number of rotatable bonds is 7. The normalized spacial score (nSPS) is 10.0. The Kier molecular flexibility index (Phi) is 5.54. The first-order valence-electron chi connectivity index (χ1n) is 6.92. The molecule has 2 rings (SSSR count). The zero-order valence-corrected chi connectivity index (χ0v) is 12.0. The Balaban J connectivity index is 1.77. The maximum atomic E-state index is 11.7. The minimum atomic E-state index is -1.08. The summed E-state index contributed by atoms with van der Waals surface area (Å²) in [6, 6.07) is 16.1. The first-order valence-corrected chi connectivity index (χ1v) is 6.92. The number of hydrogen-bond acceptors (Lipinski definition) is 3. The number of hydrogen-bond donors (Lipinski definition) is 2. The number of benzene rings is 2. The zero-order chi connectivity index (χ0) is 15.8. The van der Waals surface area contributed by atoms with Crippen LogP contribution in [-0.4, -0.2) is 30.1 Å². The van der Waals surface area contributed by atoms with Crippen LogP contribution in [0.1, 0.15) is 15.9 Å². The van der Waals surface area contributed by atoms with Crippen molar-refractivity contribution in [1.82, 2.24) is 5.32 Å². The highest BCUT2D eigenvalue weighted by atomic mass is 16.5. The summed E-state index contributed by atoms with van der Waals surface area (Å²) in [5.74, 6) is -1.18. The summed E-state index contributed by atoms with van der Waals surface area (Å²) in [6.07, 6.45) is 0.734. The summed E-state index contributed by atoms with van der Waals surface area (Å²) in [6.45, 7) is 0.297. The fourth-order valence-corrected chi connectivity index (χ4v) is 1.95. The number of para-hydroxylation sites is 1. The number of amides is 1. The molecule has 0 saturated carbocycles. The van der Waals surface area contributed by atoms with E-state index in [9.17, 15) is 9.59 Å². The summed E-state index contributed by atoms with van der Waals surface area (Å²) >= 11 is 0. The fraction of sp³-hybridized carbons (Fsp3) is 0.176. The molecule has 2 N–H and O–H groups in total. The Bertz CT molecular complexity index is 640. The van der Waals surface area contributed by atoms with Gasteiger partial charge < -0.3 is 15.2 Å². The molecule has 0 fully saturated rings. The molecular formula is C17H17NO4. The molecule has 5 heteroatoms. The number of carbonyl (C=O) groups excluding carboxylic acids is 1. The second kappa shape index (κ2) is 7.83. The quantitative estimate of drug-likeness (QED) is 0.821. The Morgan fingerprint density at radius 3 is 2.41 bits per heavy atom. The van der Waals surface area contributed by atoms with Crippen molar-refractivity contribution >= 4 is 11.9 Å². The van der Waals surface area contributed by atoms with Crippen LogP contribution in [0, 0.1) is 0 Å². The van der Waals surface area contributed by atoms with E-state index < -0.39 is 5.97 Å². The predicted molar refractivity (Wildman–Crippen MR) is 82.1 cm³/mol. The zero-order valence-electron chi connectivity index (χ0n) is 12.0. The second-order valence-electron chi connectivity index (χ2n) is 4.68. The third-order valence-electron chi connectivity index (χ3n) is 3.05. The van der Waals surface area contributed by atoms with E-state index in [2.05, 4.69) is 5.32 Å². The van der Waals surface area contributed by atoms with Crippen molar-refractivity contribution in [2.45, 2.75) is 6.42 Å². The highest BCUT2D eigenvalue weighted by molar-refractivity contribution is 5.91. The molecule has 0 saturated heterocycles. The second-order valence-corrected chi connectivity index (χ2v) is 4.68. The highest BCUT2D eigenvalue weighted by Gasteiger charge is 2.11. The Morgan fingerprint density at radius 1 is 1.00 bits per heavy atom. The molecule has 5 nitrogen and oxygen atoms in total. The van der Waals surface area contributed by atoms with Gasteiger partial charge in [0, 0.05) is 6.54 Å². The van der Waals surface area contributed by atoms with E-state index in [1.54, 1.807) is 12.1 Å². The average Bonchev–Trinajstić information content (AvgIpc) is 2.54. The van der Waals surface area contributed by atoms with Crippen LogP contribution >= 0.6 is 0 Å². The van der Waals surface area contributed by atoms with Crippen molar-refractivity contribution in [1.29, 1.82) is 0 Å². The van der Waals surface area contributed by atoms with E-state index in [0.717, 1.165) is 12.0 Å². The Hall–Kier alpha value is -2.82. The van der Waals surface area contributed by atoms with E-state index >= 15 is 0 Å². The van der Waals surface area contributed by atoms with E-state index in [1.165, 1.54) is 12.1 Å². The van der Waals surface area contributed by atoms with Crippen LogP contribution in [0.25, 0.3) is 0 Å². The maximum absolute atomic E-state index is 11.7. The lowest BCUT2D eigenvalue weighted by Crippen LogP contribution is -2.30. The van der Waals surface area contributed by atoms with Gasteiger partial charge in [-0.3, -0.25) is 4.79 Å². The van der Waals surface area contributed by atoms with E-state index in [1.807, 2.05) is 30.3 Å². The predicted octanol–water partition coefficient (Wildman–Crippen LogP) is 2.12. The van der Waals surface area contributed by atoms with Gasteiger partial charge in [-0.05, 0) is 24.1 Å². The van der Waals surface area contributed by atoms with E-state index in [4.69, 9.17) is 9.84 Å². The van der Waals surface area contributed by atoms with Gasteiger partial charge in [-0.25, -0.2) is 4.79 Å². The maximum Gasteiger partial charge on any atom is 0.339 e. The molecule has 0 aliphatic carbocycles. The monoisotopic (exact) mass is 299 g/mol. The smallest absolute Gasteiger partial charge is 0.339 e. The highest BCUT2D eigenvalue weighted by Crippen LogP contribution is 2.17. The topological polar surface area (TPSA) is 75.6 Å². The van der Waals surface area contributed by atoms with Crippen molar-refractivity contribution in [3.63, 3.8) is 0 Å². The lowest BCUT2D eigenvalue weighted by Gasteiger charge is -2.09. The van der Waals surface area contributed by atoms with Gasteiger partial charge >= 0.3 is 5.97 Å². The number of ether oxygens (including phenoxy) is 1. The number of carboxylic acids is 1. The standard InChI is InChI=1S/C17H17NO4/c19-16(18-11-10-13-6-2-1-3-7-13)12-22-15-9-5-4-8-14(15)17(20)21/h1-9H,10-12H2,(H,18,19)(H,20,21). The third-order valence-corrected chi connectivity index (χ3v) is 3.05. The summed E-state index contributed by atoms with van der Waals surface area (Å²) in [5, 5.41) is 11.8. The number of aromatic carboxylic acids is 1. The number of nitrogens with one attached hydrogen (secondary N) is 1. The molecule has 1 amide bonds. The molecule has 0 bridgehead atoms. The molecule has 0 atom stereocenters. The van der Waals surface area contributed by atoms with Crippen LogP contribution < -0.4 is 10.1 Å². The summed E-state index contributed by atoms with van der Waals surface area (Å²) in [4.78, 5) is 22.7. The molecule has 22 heavy (non-hydrogen) atoms. The molecule has 0 heterocycles. The Morgan fingerprint density at radius 2 is 1.68 bits per heavy atom. The van der Waals surface area contributed by atoms with Gasteiger partial charge in [0.05, 0.1) is 0 Å². The Labute approximate surface area is 128 Å². The van der Waals surface area contributed by atoms with Crippen molar-refractivity contribution in [2.24, 2.45) is 0 Å². The molecule has 114 valence electrons. The van der Waals surface area contributed by atoms with Crippen molar-refractivity contribution in [3.05, 3.63) is 65.7 Å². The van der Waals surface area contributed by atoms with Crippen LogP contribution in [0.15, 0.2) is 54.6 Å². The molecule has 0 spiro atoms. The van der Waals surface area contributed by atoms with Gasteiger partial charge in [-0.2, -0.15) is 0 Å². The van der Waals surface area contributed by atoms with Gasteiger partial charge in [0.2, 0.25) is 0 Å². The van der Waals surface area contributed by atoms with Gasteiger partial charge in [-0.1, -0.05) is 42.5 Å². The number of carboxylic acid groups (broad SMARTS) is 1. The SMILES string of the molecule is O=C(COc1ccccc1C(=O)O)NCCc1ccccc1. The van der Waals surface area contributed by atoms with Crippen molar-refractivity contribution in [3.8, 4) is 5.75 Å². The molecular weight excluding hydrogens is 282 g/mol. The average molecular weight is 299 g/mol. The molecule has 0 aliphatic rings.